The monoisotopic (exact) mass is 415 g/mol. The SMILES string of the molecule is CC=CCc1nn(CCC)c(=O)n1Cc1ccc(-c2cccc(-c3nnn[nH]3)c2)cc1. The zero-order chi connectivity index (χ0) is 21.6. The van der Waals surface area contributed by atoms with Gasteiger partial charge in [-0.2, -0.15) is 5.10 Å². The van der Waals surface area contributed by atoms with Gasteiger partial charge in [0.15, 0.2) is 5.82 Å². The maximum Gasteiger partial charge on any atom is 0.346 e. The number of tetrazole rings is 1. The number of hydrogen-bond donors (Lipinski definition) is 1. The van der Waals surface area contributed by atoms with Crippen molar-refractivity contribution in [2.24, 2.45) is 0 Å². The summed E-state index contributed by atoms with van der Waals surface area (Å²) in [7, 11) is 0. The first kappa shape index (κ1) is 20.5. The molecule has 0 bridgehead atoms. The van der Waals surface area contributed by atoms with Gasteiger partial charge in [0.25, 0.3) is 0 Å². The van der Waals surface area contributed by atoms with Gasteiger partial charge < -0.3 is 0 Å². The van der Waals surface area contributed by atoms with Crippen molar-refractivity contribution in [3.8, 4) is 22.5 Å². The molecule has 0 fully saturated rings. The first-order valence-electron chi connectivity index (χ1n) is 10.4. The fraction of sp³-hybridized carbons (Fsp3) is 0.261. The average molecular weight is 416 g/mol. The molecular formula is C23H25N7O. The van der Waals surface area contributed by atoms with Crippen molar-refractivity contribution in [2.75, 3.05) is 0 Å². The number of nitrogens with zero attached hydrogens (tertiary/aromatic N) is 6. The molecule has 31 heavy (non-hydrogen) atoms. The van der Waals surface area contributed by atoms with Crippen LogP contribution in [0.1, 0.15) is 31.7 Å². The highest BCUT2D eigenvalue weighted by molar-refractivity contribution is 5.70. The second kappa shape index (κ2) is 9.34. The summed E-state index contributed by atoms with van der Waals surface area (Å²) in [4.78, 5) is 12.8. The molecule has 8 heteroatoms. The highest BCUT2D eigenvalue weighted by Crippen LogP contribution is 2.24. The molecule has 0 aliphatic carbocycles. The average Bonchev–Trinajstić information content (AvgIpc) is 3.43. The van der Waals surface area contributed by atoms with Gasteiger partial charge in [-0.25, -0.2) is 14.6 Å². The smallest absolute Gasteiger partial charge is 0.274 e. The Kier molecular flexibility index (Phi) is 6.16. The predicted molar refractivity (Wildman–Crippen MR) is 119 cm³/mol. The molecule has 0 atom stereocenters. The lowest BCUT2D eigenvalue weighted by molar-refractivity contribution is 0.569. The van der Waals surface area contributed by atoms with E-state index < -0.39 is 0 Å². The van der Waals surface area contributed by atoms with Gasteiger partial charge >= 0.3 is 5.69 Å². The standard InChI is InChI=1S/C23H25N7O/c1-3-5-9-21-26-30(14-4-2)23(31)29(21)16-17-10-12-18(13-11-17)19-7-6-8-20(15-19)22-24-27-28-25-22/h3,5-8,10-13,15H,4,9,14,16H2,1-2H3,(H,24,25,27,28). The van der Waals surface area contributed by atoms with E-state index in [4.69, 9.17) is 0 Å². The van der Waals surface area contributed by atoms with Gasteiger partial charge in [-0.15, -0.1) is 5.10 Å². The van der Waals surface area contributed by atoms with Crippen LogP contribution in [0.25, 0.3) is 22.5 Å². The van der Waals surface area contributed by atoms with Crippen LogP contribution >= 0.6 is 0 Å². The molecule has 0 aliphatic heterocycles. The second-order valence-electron chi connectivity index (χ2n) is 7.31. The number of aryl methyl sites for hydroxylation is 1. The van der Waals surface area contributed by atoms with Crippen LogP contribution in [0.4, 0.5) is 0 Å². The molecule has 0 unspecified atom stereocenters. The molecule has 1 N–H and O–H groups in total. The van der Waals surface area contributed by atoms with Gasteiger partial charge in [0.05, 0.1) is 6.54 Å². The number of aromatic amines is 1. The van der Waals surface area contributed by atoms with Crippen molar-refractivity contribution >= 4 is 0 Å². The summed E-state index contributed by atoms with van der Waals surface area (Å²) < 4.78 is 3.33. The van der Waals surface area contributed by atoms with E-state index in [0.29, 0.717) is 25.3 Å². The Hall–Kier alpha value is -3.81. The van der Waals surface area contributed by atoms with Crippen molar-refractivity contribution in [2.45, 2.75) is 39.8 Å². The van der Waals surface area contributed by atoms with Crippen LogP contribution in [0.3, 0.4) is 0 Å². The number of aromatic nitrogens is 7. The Morgan fingerprint density at radius 1 is 1.06 bits per heavy atom. The molecule has 0 amide bonds. The van der Waals surface area contributed by atoms with Gasteiger partial charge in [0.1, 0.15) is 5.82 Å². The van der Waals surface area contributed by atoms with E-state index in [-0.39, 0.29) is 5.69 Å². The summed E-state index contributed by atoms with van der Waals surface area (Å²) >= 11 is 0. The Balaban J connectivity index is 1.58. The number of allylic oxidation sites excluding steroid dienone is 2. The van der Waals surface area contributed by atoms with E-state index in [1.807, 2.05) is 44.2 Å². The van der Waals surface area contributed by atoms with Crippen LogP contribution in [0, 0.1) is 0 Å². The summed E-state index contributed by atoms with van der Waals surface area (Å²) in [6.45, 7) is 5.14. The molecule has 158 valence electrons. The molecule has 2 aromatic heterocycles. The minimum Gasteiger partial charge on any atom is -0.274 e. The molecule has 0 saturated carbocycles. The topological polar surface area (TPSA) is 94.3 Å². The lowest BCUT2D eigenvalue weighted by atomic mass is 10.0. The van der Waals surface area contributed by atoms with Gasteiger partial charge in [-0.3, -0.25) is 4.57 Å². The third-order valence-corrected chi connectivity index (χ3v) is 5.08. The van der Waals surface area contributed by atoms with Gasteiger partial charge in [-0.1, -0.05) is 61.5 Å². The van der Waals surface area contributed by atoms with Crippen molar-refractivity contribution in [3.05, 3.63) is 82.6 Å². The molecule has 0 saturated heterocycles. The van der Waals surface area contributed by atoms with Gasteiger partial charge in [-0.05, 0) is 46.5 Å². The zero-order valence-corrected chi connectivity index (χ0v) is 17.7. The summed E-state index contributed by atoms with van der Waals surface area (Å²) in [5.74, 6) is 1.42. The molecule has 2 aromatic carbocycles. The molecule has 2 heterocycles. The molecular weight excluding hydrogens is 390 g/mol. The van der Waals surface area contributed by atoms with Gasteiger partial charge in [0, 0.05) is 18.5 Å². The Labute approximate surface area is 180 Å². The van der Waals surface area contributed by atoms with E-state index in [1.165, 1.54) is 0 Å². The molecule has 4 aromatic rings. The van der Waals surface area contributed by atoms with Crippen LogP contribution in [-0.2, 0) is 19.5 Å². The van der Waals surface area contributed by atoms with Crippen LogP contribution < -0.4 is 5.69 Å². The molecule has 0 spiro atoms. The van der Waals surface area contributed by atoms with Crippen LogP contribution in [-0.4, -0.2) is 35.0 Å². The fourth-order valence-corrected chi connectivity index (χ4v) is 3.49. The summed E-state index contributed by atoms with van der Waals surface area (Å²) in [5, 5.41) is 18.6. The Morgan fingerprint density at radius 3 is 2.58 bits per heavy atom. The van der Waals surface area contributed by atoms with Crippen molar-refractivity contribution in [1.82, 2.24) is 35.0 Å². The quantitative estimate of drug-likeness (QED) is 0.445. The molecule has 0 radical (unpaired) electrons. The predicted octanol–water partition coefficient (Wildman–Crippen LogP) is 3.47. The Bertz CT molecular complexity index is 1220. The first-order valence-corrected chi connectivity index (χ1v) is 10.4. The maximum absolute atomic E-state index is 12.8. The van der Waals surface area contributed by atoms with E-state index in [0.717, 1.165) is 34.5 Å². The number of benzene rings is 2. The maximum atomic E-state index is 12.8. The largest absolute Gasteiger partial charge is 0.346 e. The third kappa shape index (κ3) is 4.53. The van der Waals surface area contributed by atoms with Crippen molar-refractivity contribution in [3.63, 3.8) is 0 Å². The first-order chi connectivity index (χ1) is 15.2. The highest BCUT2D eigenvalue weighted by Gasteiger charge is 2.12. The van der Waals surface area contributed by atoms with Crippen LogP contribution in [0.2, 0.25) is 0 Å². The number of nitrogens with one attached hydrogen (secondary N) is 1. The van der Waals surface area contributed by atoms with E-state index >= 15 is 0 Å². The lowest BCUT2D eigenvalue weighted by Gasteiger charge is -2.07. The minimum absolute atomic E-state index is 0.0567. The van der Waals surface area contributed by atoms with Crippen LogP contribution in [0.5, 0.6) is 0 Å². The zero-order valence-electron chi connectivity index (χ0n) is 17.7. The molecule has 8 nitrogen and oxygen atoms in total. The number of hydrogen-bond acceptors (Lipinski definition) is 5. The fourth-order valence-electron chi connectivity index (χ4n) is 3.49. The van der Waals surface area contributed by atoms with E-state index in [2.05, 4.69) is 56.1 Å². The molecule has 4 rings (SSSR count). The van der Waals surface area contributed by atoms with Crippen LogP contribution in [0.15, 0.2) is 65.5 Å². The number of rotatable bonds is 8. The normalized spacial score (nSPS) is 11.4. The summed E-state index contributed by atoms with van der Waals surface area (Å²) in [6.07, 6.45) is 5.52. The van der Waals surface area contributed by atoms with E-state index in [1.54, 1.807) is 9.25 Å². The molecule has 0 aliphatic rings. The second-order valence-corrected chi connectivity index (χ2v) is 7.31. The van der Waals surface area contributed by atoms with Gasteiger partial charge in [0.2, 0.25) is 0 Å². The van der Waals surface area contributed by atoms with Crippen molar-refractivity contribution < 1.29 is 0 Å². The number of H-pyrrole nitrogens is 1. The summed E-state index contributed by atoms with van der Waals surface area (Å²) in [5.41, 5.74) is 4.08. The Morgan fingerprint density at radius 2 is 1.87 bits per heavy atom. The minimum atomic E-state index is -0.0567. The lowest BCUT2D eigenvalue weighted by Crippen LogP contribution is -2.25. The highest BCUT2D eigenvalue weighted by atomic mass is 16.2. The third-order valence-electron chi connectivity index (χ3n) is 5.08. The van der Waals surface area contributed by atoms with E-state index in [9.17, 15) is 4.79 Å². The summed E-state index contributed by atoms with van der Waals surface area (Å²) in [6, 6.07) is 16.3. The van der Waals surface area contributed by atoms with Crippen molar-refractivity contribution in [1.29, 1.82) is 0 Å².